The van der Waals surface area contributed by atoms with E-state index < -0.39 is 16.0 Å². The molecule has 0 atom stereocenters. The topological polar surface area (TPSA) is 105 Å². The Kier molecular flexibility index (Phi) is 5.75. The van der Waals surface area contributed by atoms with Crippen LogP contribution < -0.4 is 9.88 Å². The average molecular weight is 324 g/mol. The highest BCUT2D eigenvalue weighted by Crippen LogP contribution is 2.31. The van der Waals surface area contributed by atoms with Crippen LogP contribution in [0.25, 0.3) is 0 Å². The molecule has 9 heteroatoms. The van der Waals surface area contributed by atoms with Crippen molar-refractivity contribution in [2.75, 3.05) is 27.4 Å². The second kappa shape index (κ2) is 6.89. The first kappa shape index (κ1) is 16.7. The van der Waals surface area contributed by atoms with Crippen molar-refractivity contribution in [3.63, 3.8) is 0 Å². The Balaban J connectivity index is 3.26. The van der Waals surface area contributed by atoms with Gasteiger partial charge in [0.1, 0.15) is 17.1 Å². The quantitative estimate of drug-likeness (QED) is 0.613. The van der Waals surface area contributed by atoms with Gasteiger partial charge in [-0.25, -0.2) is 18.4 Å². The Morgan fingerprint density at radius 2 is 1.95 bits per heavy atom. The van der Waals surface area contributed by atoms with E-state index in [1.165, 1.54) is 20.3 Å². The number of hydrogen-bond acceptors (Lipinski definition) is 6. The predicted octanol–water partition coefficient (Wildman–Crippen LogP) is 0.799. The average Bonchev–Trinajstić information content (AvgIpc) is 2.36. The summed E-state index contributed by atoms with van der Waals surface area (Å²) >= 11 is 5.78. The van der Waals surface area contributed by atoms with Crippen LogP contribution in [0.2, 0.25) is 5.02 Å². The lowest BCUT2D eigenvalue weighted by Crippen LogP contribution is -2.17. The van der Waals surface area contributed by atoms with Crippen LogP contribution in [0.15, 0.2) is 17.0 Å². The molecule has 0 aliphatic heterocycles. The largest absolute Gasteiger partial charge is 0.494 e. The van der Waals surface area contributed by atoms with Gasteiger partial charge in [0, 0.05) is 12.1 Å². The predicted molar refractivity (Wildman–Crippen MR) is 71.5 cm³/mol. The molecule has 7 nitrogen and oxygen atoms in total. The van der Waals surface area contributed by atoms with Crippen molar-refractivity contribution in [3.05, 3.63) is 22.7 Å². The van der Waals surface area contributed by atoms with Gasteiger partial charge in [0.15, 0.2) is 5.75 Å². The molecule has 2 N–H and O–H groups in total. The molecular weight excluding hydrogens is 310 g/mol. The monoisotopic (exact) mass is 323 g/mol. The van der Waals surface area contributed by atoms with Crippen molar-refractivity contribution < 1.29 is 27.4 Å². The van der Waals surface area contributed by atoms with E-state index in [-0.39, 0.29) is 34.4 Å². The van der Waals surface area contributed by atoms with Crippen molar-refractivity contribution in [1.82, 2.24) is 0 Å². The fraction of sp³-hybridized carbons (Fsp3) is 0.364. The van der Waals surface area contributed by atoms with Crippen molar-refractivity contribution in [2.24, 2.45) is 5.14 Å². The molecule has 0 saturated carbocycles. The number of esters is 1. The second-order valence-electron chi connectivity index (χ2n) is 3.66. The summed E-state index contributed by atoms with van der Waals surface area (Å²) in [5.41, 5.74) is -0.125. The molecule has 0 aromatic heterocycles. The van der Waals surface area contributed by atoms with Crippen molar-refractivity contribution >= 4 is 27.6 Å². The number of nitrogens with two attached hydrogens (primary N) is 1. The first-order chi connectivity index (χ1) is 9.31. The Labute approximate surface area is 121 Å². The van der Waals surface area contributed by atoms with Crippen molar-refractivity contribution in [2.45, 2.75) is 4.90 Å². The molecule has 1 rings (SSSR count). The summed E-state index contributed by atoms with van der Waals surface area (Å²) in [7, 11) is -1.43. The maximum absolute atomic E-state index is 11.9. The summed E-state index contributed by atoms with van der Waals surface area (Å²) in [4.78, 5) is 11.5. The van der Waals surface area contributed by atoms with E-state index in [0.29, 0.717) is 0 Å². The van der Waals surface area contributed by atoms with Gasteiger partial charge < -0.3 is 14.2 Å². The summed E-state index contributed by atoms with van der Waals surface area (Å²) in [6.45, 7) is 0.215. The molecular formula is C11H14ClNO6S. The second-order valence-corrected chi connectivity index (χ2v) is 5.62. The third-order valence-corrected chi connectivity index (χ3v) is 3.41. The molecule has 0 heterocycles. The number of primary sulfonamides is 1. The van der Waals surface area contributed by atoms with Crippen LogP contribution >= 0.6 is 11.6 Å². The molecule has 112 valence electrons. The zero-order valence-corrected chi connectivity index (χ0v) is 12.5. The lowest BCUT2D eigenvalue weighted by molar-refractivity contribution is 0.0384. The highest BCUT2D eigenvalue weighted by molar-refractivity contribution is 7.89. The lowest BCUT2D eigenvalue weighted by Gasteiger charge is -2.12. The number of rotatable bonds is 6. The molecule has 0 amide bonds. The summed E-state index contributed by atoms with van der Waals surface area (Å²) in [5, 5.41) is 5.08. The van der Waals surface area contributed by atoms with Crippen molar-refractivity contribution in [3.8, 4) is 5.75 Å². The third kappa shape index (κ3) is 4.07. The van der Waals surface area contributed by atoms with E-state index in [1.807, 2.05) is 0 Å². The fourth-order valence-electron chi connectivity index (χ4n) is 1.44. The van der Waals surface area contributed by atoms with Gasteiger partial charge in [-0.1, -0.05) is 11.6 Å². The van der Waals surface area contributed by atoms with Crippen LogP contribution in [0.4, 0.5) is 0 Å². The Bertz CT molecular complexity index is 601. The minimum Gasteiger partial charge on any atom is -0.494 e. The highest BCUT2D eigenvalue weighted by Gasteiger charge is 2.24. The van der Waals surface area contributed by atoms with Gasteiger partial charge in [-0.15, -0.1) is 0 Å². The van der Waals surface area contributed by atoms with E-state index in [4.69, 9.17) is 31.0 Å². The summed E-state index contributed by atoms with van der Waals surface area (Å²) in [5.74, 6) is -0.995. The number of halogens is 1. The number of carbonyl (C=O) groups excluding carboxylic acids is 1. The molecule has 20 heavy (non-hydrogen) atoms. The first-order valence-corrected chi connectivity index (χ1v) is 7.30. The third-order valence-electron chi connectivity index (χ3n) is 2.27. The Morgan fingerprint density at radius 1 is 1.30 bits per heavy atom. The van der Waals surface area contributed by atoms with Gasteiger partial charge >= 0.3 is 5.97 Å². The molecule has 0 radical (unpaired) electrons. The number of sulfonamides is 1. The number of methoxy groups -OCH3 is 2. The van der Waals surface area contributed by atoms with Crippen LogP contribution in [0.3, 0.4) is 0 Å². The highest BCUT2D eigenvalue weighted by atomic mass is 35.5. The Hall–Kier alpha value is -1.35. The fourth-order valence-corrected chi connectivity index (χ4v) is 2.46. The van der Waals surface area contributed by atoms with Crippen molar-refractivity contribution in [1.29, 1.82) is 0 Å². The zero-order chi connectivity index (χ0) is 15.3. The molecule has 0 aliphatic rings. The van der Waals surface area contributed by atoms with Gasteiger partial charge in [0.25, 0.3) is 0 Å². The summed E-state index contributed by atoms with van der Waals surface area (Å²) < 4.78 is 37.5. The maximum Gasteiger partial charge on any atom is 0.342 e. The molecule has 0 fully saturated rings. The first-order valence-electron chi connectivity index (χ1n) is 5.37. The molecule has 1 aromatic rings. The minimum absolute atomic E-state index is 0.00963. The van der Waals surface area contributed by atoms with Gasteiger partial charge in [0.2, 0.25) is 10.0 Å². The van der Waals surface area contributed by atoms with E-state index in [9.17, 15) is 13.2 Å². The Morgan fingerprint density at radius 3 is 2.45 bits per heavy atom. The molecule has 0 spiro atoms. The molecule has 0 saturated heterocycles. The molecule has 0 aliphatic carbocycles. The minimum atomic E-state index is -4.09. The number of benzene rings is 1. The number of hydrogen-bond donors (Lipinski definition) is 1. The van der Waals surface area contributed by atoms with Gasteiger partial charge in [0.05, 0.1) is 13.7 Å². The van der Waals surface area contributed by atoms with Gasteiger partial charge in [-0.05, 0) is 12.1 Å². The zero-order valence-electron chi connectivity index (χ0n) is 10.9. The van der Waals surface area contributed by atoms with Crippen LogP contribution in [-0.2, 0) is 19.5 Å². The number of carbonyl (C=O) groups is 1. The van der Waals surface area contributed by atoms with E-state index >= 15 is 0 Å². The standard InChI is InChI=1S/C11H14ClNO6S/c1-17-3-4-19-11(14)8-5-7(12)6-9(10(8)18-2)20(13,15)16/h5-6H,3-4H2,1-2H3,(H2,13,15,16). The molecule has 0 unspecified atom stereocenters. The van der Waals surface area contributed by atoms with E-state index in [1.54, 1.807) is 0 Å². The summed E-state index contributed by atoms with van der Waals surface area (Å²) in [6.07, 6.45) is 0. The van der Waals surface area contributed by atoms with Crippen LogP contribution in [0, 0.1) is 0 Å². The molecule has 0 bridgehead atoms. The smallest absolute Gasteiger partial charge is 0.342 e. The van der Waals surface area contributed by atoms with Crippen LogP contribution in [0.5, 0.6) is 5.75 Å². The maximum atomic E-state index is 11.9. The van der Waals surface area contributed by atoms with Gasteiger partial charge in [-0.3, -0.25) is 0 Å². The van der Waals surface area contributed by atoms with Crippen LogP contribution in [-0.4, -0.2) is 41.8 Å². The van der Waals surface area contributed by atoms with E-state index in [0.717, 1.165) is 6.07 Å². The van der Waals surface area contributed by atoms with E-state index in [2.05, 4.69) is 0 Å². The van der Waals surface area contributed by atoms with Crippen LogP contribution in [0.1, 0.15) is 10.4 Å². The lowest BCUT2D eigenvalue weighted by atomic mass is 10.2. The van der Waals surface area contributed by atoms with Gasteiger partial charge in [-0.2, -0.15) is 0 Å². The number of ether oxygens (including phenoxy) is 3. The normalized spacial score (nSPS) is 11.2. The summed E-state index contributed by atoms with van der Waals surface area (Å²) in [6, 6.07) is 2.34. The SMILES string of the molecule is COCCOC(=O)c1cc(Cl)cc(S(N)(=O)=O)c1OC. The molecule has 1 aromatic carbocycles.